The highest BCUT2D eigenvalue weighted by molar-refractivity contribution is 6.04. The van der Waals surface area contributed by atoms with Gasteiger partial charge in [-0.05, 0) is 42.8 Å². The Morgan fingerprint density at radius 3 is 2.33 bits per heavy atom. The van der Waals surface area contributed by atoms with Gasteiger partial charge in [-0.25, -0.2) is 9.97 Å². The molecule has 3 aromatic carbocycles. The van der Waals surface area contributed by atoms with Crippen LogP contribution in [0.4, 0.5) is 17.2 Å². The monoisotopic (exact) mass is 354 g/mol. The fraction of sp³-hybridized carbons (Fsp3) is 0.0455. The van der Waals surface area contributed by atoms with Crippen LogP contribution in [0.3, 0.4) is 0 Å². The third kappa shape index (κ3) is 3.62. The van der Waals surface area contributed by atoms with Crippen LogP contribution in [0.15, 0.2) is 78.9 Å². The fourth-order valence-corrected chi connectivity index (χ4v) is 2.82. The minimum Gasteiger partial charge on any atom is -0.340 e. The van der Waals surface area contributed by atoms with Crippen LogP contribution in [0.5, 0.6) is 0 Å². The zero-order chi connectivity index (χ0) is 18.6. The van der Waals surface area contributed by atoms with E-state index < -0.39 is 0 Å². The van der Waals surface area contributed by atoms with E-state index in [4.69, 9.17) is 0 Å². The largest absolute Gasteiger partial charge is 0.340 e. The molecule has 1 amide bonds. The van der Waals surface area contributed by atoms with Crippen LogP contribution in [-0.4, -0.2) is 15.9 Å². The number of aromatic nitrogens is 2. The second kappa shape index (κ2) is 7.25. The number of anilines is 3. The average Bonchev–Trinajstić information content (AvgIpc) is 2.70. The predicted molar refractivity (Wildman–Crippen MR) is 108 cm³/mol. The summed E-state index contributed by atoms with van der Waals surface area (Å²) in [7, 11) is 0. The van der Waals surface area contributed by atoms with Gasteiger partial charge in [0.25, 0.3) is 5.91 Å². The van der Waals surface area contributed by atoms with Crippen molar-refractivity contribution < 1.29 is 4.79 Å². The summed E-state index contributed by atoms with van der Waals surface area (Å²) in [6.07, 6.45) is 0. The van der Waals surface area contributed by atoms with E-state index in [1.54, 1.807) is 0 Å². The Labute approximate surface area is 157 Å². The second-order valence-corrected chi connectivity index (χ2v) is 6.17. The number of benzene rings is 3. The van der Waals surface area contributed by atoms with Crippen LogP contribution >= 0.6 is 0 Å². The van der Waals surface area contributed by atoms with Crippen LogP contribution in [-0.2, 0) is 0 Å². The highest BCUT2D eigenvalue weighted by Gasteiger charge is 2.15. The SMILES string of the molecule is Cc1ccccc1NC(=O)c1nc(Nc2ccccc2)c2ccccc2n1. The van der Waals surface area contributed by atoms with Gasteiger partial charge >= 0.3 is 0 Å². The van der Waals surface area contributed by atoms with Crippen molar-refractivity contribution in [2.45, 2.75) is 6.92 Å². The molecule has 0 bridgehead atoms. The molecule has 5 heteroatoms. The quantitative estimate of drug-likeness (QED) is 0.545. The van der Waals surface area contributed by atoms with E-state index in [1.165, 1.54) is 0 Å². The molecular weight excluding hydrogens is 336 g/mol. The van der Waals surface area contributed by atoms with Crippen molar-refractivity contribution in [1.29, 1.82) is 0 Å². The fourth-order valence-electron chi connectivity index (χ4n) is 2.82. The lowest BCUT2D eigenvalue weighted by atomic mass is 10.2. The van der Waals surface area contributed by atoms with E-state index in [2.05, 4.69) is 20.6 Å². The maximum atomic E-state index is 12.8. The van der Waals surface area contributed by atoms with Crippen LogP contribution in [0.1, 0.15) is 16.2 Å². The highest BCUT2D eigenvalue weighted by atomic mass is 16.2. The van der Waals surface area contributed by atoms with E-state index in [9.17, 15) is 4.79 Å². The van der Waals surface area contributed by atoms with Crippen LogP contribution in [0, 0.1) is 6.92 Å². The molecule has 0 fully saturated rings. The Balaban J connectivity index is 1.73. The van der Waals surface area contributed by atoms with Gasteiger partial charge in [0.15, 0.2) is 0 Å². The topological polar surface area (TPSA) is 66.9 Å². The Bertz CT molecular complexity index is 1110. The lowest BCUT2D eigenvalue weighted by Crippen LogP contribution is -2.17. The molecule has 0 aliphatic rings. The predicted octanol–water partition coefficient (Wildman–Crippen LogP) is 4.93. The molecule has 0 saturated carbocycles. The lowest BCUT2D eigenvalue weighted by Gasteiger charge is -2.12. The number of aryl methyl sites for hydroxylation is 1. The molecule has 1 aromatic heterocycles. The number of carbonyl (C=O) groups excluding carboxylic acids is 1. The first-order chi connectivity index (χ1) is 13.2. The Morgan fingerprint density at radius 1 is 0.815 bits per heavy atom. The summed E-state index contributed by atoms with van der Waals surface area (Å²) in [5.41, 5.74) is 3.33. The molecule has 27 heavy (non-hydrogen) atoms. The summed E-state index contributed by atoms with van der Waals surface area (Å²) in [5, 5.41) is 7.03. The van der Waals surface area contributed by atoms with E-state index in [0.717, 1.165) is 22.3 Å². The number of amides is 1. The maximum Gasteiger partial charge on any atom is 0.293 e. The standard InChI is InChI=1S/C22H18N4O/c1-15-9-5-7-13-18(15)25-22(27)21-24-19-14-8-6-12-17(19)20(26-21)23-16-10-3-2-4-11-16/h2-14H,1H3,(H,25,27)(H,23,24,26). The molecule has 4 aromatic rings. The molecule has 0 radical (unpaired) electrons. The molecule has 4 rings (SSSR count). The van der Waals surface area contributed by atoms with Gasteiger partial charge in [-0.1, -0.05) is 48.5 Å². The summed E-state index contributed by atoms with van der Waals surface area (Å²) in [5.74, 6) is 0.378. The molecule has 0 aliphatic carbocycles. The number of carbonyl (C=O) groups is 1. The van der Waals surface area contributed by atoms with Gasteiger partial charge in [0.2, 0.25) is 5.82 Å². The van der Waals surface area contributed by atoms with Crippen molar-refractivity contribution in [2.24, 2.45) is 0 Å². The van der Waals surface area contributed by atoms with Crippen LogP contribution in [0.2, 0.25) is 0 Å². The number of para-hydroxylation sites is 3. The molecule has 0 aliphatic heterocycles. The summed E-state index contributed by atoms with van der Waals surface area (Å²) in [6.45, 7) is 1.94. The van der Waals surface area contributed by atoms with Gasteiger partial charge in [0.05, 0.1) is 5.52 Å². The van der Waals surface area contributed by atoms with E-state index in [-0.39, 0.29) is 11.7 Å². The molecule has 1 heterocycles. The van der Waals surface area contributed by atoms with Crippen molar-refractivity contribution in [2.75, 3.05) is 10.6 Å². The minimum absolute atomic E-state index is 0.121. The molecule has 132 valence electrons. The number of fused-ring (bicyclic) bond motifs is 1. The van der Waals surface area contributed by atoms with Gasteiger partial charge < -0.3 is 10.6 Å². The van der Waals surface area contributed by atoms with E-state index in [0.29, 0.717) is 11.3 Å². The lowest BCUT2D eigenvalue weighted by molar-refractivity contribution is 0.101. The Hall–Kier alpha value is -3.73. The smallest absolute Gasteiger partial charge is 0.293 e. The van der Waals surface area contributed by atoms with Crippen molar-refractivity contribution in [3.05, 3.63) is 90.3 Å². The van der Waals surface area contributed by atoms with Crippen molar-refractivity contribution in [3.8, 4) is 0 Å². The van der Waals surface area contributed by atoms with Crippen molar-refractivity contribution >= 4 is 34.0 Å². The number of rotatable bonds is 4. The Kier molecular flexibility index (Phi) is 4.49. The maximum absolute atomic E-state index is 12.8. The normalized spacial score (nSPS) is 10.6. The molecule has 5 nitrogen and oxygen atoms in total. The zero-order valence-corrected chi connectivity index (χ0v) is 14.8. The van der Waals surface area contributed by atoms with Crippen molar-refractivity contribution in [3.63, 3.8) is 0 Å². The minimum atomic E-state index is -0.342. The average molecular weight is 354 g/mol. The molecular formula is C22H18N4O. The zero-order valence-electron chi connectivity index (χ0n) is 14.8. The number of hydrogen-bond acceptors (Lipinski definition) is 4. The molecule has 0 saturated heterocycles. The molecule has 0 spiro atoms. The first-order valence-electron chi connectivity index (χ1n) is 8.66. The molecule has 0 atom stereocenters. The van der Waals surface area contributed by atoms with E-state index in [1.807, 2.05) is 85.8 Å². The molecule has 0 unspecified atom stereocenters. The van der Waals surface area contributed by atoms with Gasteiger partial charge in [-0.2, -0.15) is 0 Å². The second-order valence-electron chi connectivity index (χ2n) is 6.17. The third-order valence-corrected chi connectivity index (χ3v) is 4.24. The van der Waals surface area contributed by atoms with Crippen molar-refractivity contribution in [1.82, 2.24) is 9.97 Å². The van der Waals surface area contributed by atoms with Crippen LogP contribution in [0.25, 0.3) is 10.9 Å². The summed E-state index contributed by atoms with van der Waals surface area (Å²) < 4.78 is 0. The highest BCUT2D eigenvalue weighted by Crippen LogP contribution is 2.24. The third-order valence-electron chi connectivity index (χ3n) is 4.24. The first-order valence-corrected chi connectivity index (χ1v) is 8.66. The Morgan fingerprint density at radius 2 is 1.52 bits per heavy atom. The first kappa shape index (κ1) is 16.7. The number of nitrogens with one attached hydrogen (secondary N) is 2. The van der Waals surface area contributed by atoms with Gasteiger partial charge in [0.1, 0.15) is 5.82 Å². The van der Waals surface area contributed by atoms with E-state index >= 15 is 0 Å². The summed E-state index contributed by atoms with van der Waals surface area (Å²) in [6, 6.07) is 25.0. The van der Waals surface area contributed by atoms with Gasteiger partial charge in [0, 0.05) is 16.8 Å². The van der Waals surface area contributed by atoms with Gasteiger partial charge in [-0.3, -0.25) is 4.79 Å². The van der Waals surface area contributed by atoms with Gasteiger partial charge in [-0.15, -0.1) is 0 Å². The summed E-state index contributed by atoms with van der Waals surface area (Å²) >= 11 is 0. The summed E-state index contributed by atoms with van der Waals surface area (Å²) in [4.78, 5) is 21.7. The number of hydrogen-bond donors (Lipinski definition) is 2. The van der Waals surface area contributed by atoms with Crippen LogP contribution < -0.4 is 10.6 Å². The number of nitrogens with zero attached hydrogens (tertiary/aromatic N) is 2. The molecule has 2 N–H and O–H groups in total.